The lowest BCUT2D eigenvalue weighted by Gasteiger charge is -2.30. The molecule has 4 nitrogen and oxygen atoms in total. The minimum Gasteiger partial charge on any atom is -0.342 e. The summed E-state index contributed by atoms with van der Waals surface area (Å²) in [6.45, 7) is 3.97. The molecular formula is C22H23N3OS. The van der Waals surface area contributed by atoms with Crippen LogP contribution in [0.3, 0.4) is 0 Å². The summed E-state index contributed by atoms with van der Waals surface area (Å²) in [6, 6.07) is 18.3. The van der Waals surface area contributed by atoms with Crippen LogP contribution in [0.1, 0.15) is 19.8 Å². The number of piperidine rings is 1. The molecule has 0 spiro atoms. The van der Waals surface area contributed by atoms with Crippen molar-refractivity contribution in [1.29, 1.82) is 0 Å². The van der Waals surface area contributed by atoms with E-state index in [4.69, 9.17) is 0 Å². The van der Waals surface area contributed by atoms with E-state index in [2.05, 4.69) is 29.3 Å². The highest BCUT2D eigenvalue weighted by Crippen LogP contribution is 2.31. The number of hydrogen-bond donors (Lipinski definition) is 0. The quantitative estimate of drug-likeness (QED) is 0.621. The third-order valence-electron chi connectivity index (χ3n) is 5.04. The Balaban J connectivity index is 1.57. The molecule has 0 saturated carbocycles. The van der Waals surface area contributed by atoms with E-state index in [1.165, 1.54) is 18.2 Å². The van der Waals surface area contributed by atoms with Crippen LogP contribution in [-0.2, 0) is 4.79 Å². The molecule has 3 aromatic rings. The van der Waals surface area contributed by atoms with Crippen molar-refractivity contribution in [2.24, 2.45) is 5.92 Å². The fourth-order valence-corrected chi connectivity index (χ4v) is 4.51. The first-order chi connectivity index (χ1) is 13.2. The number of carbonyl (C=O) groups excluding carboxylic acids is 1. The third-order valence-corrected chi connectivity index (χ3v) is 6.01. The van der Waals surface area contributed by atoms with E-state index in [1.807, 2.05) is 47.4 Å². The standard InChI is InChI=1S/C22H23N3OS/c1-16-8-7-13-25(14-16)20(26)15-27-22-19-12-6-5-11-18(19)21(23-24-22)17-9-3-2-4-10-17/h2-6,9-12,16H,7-8,13-15H2,1H3/t16-/m1/s1. The third kappa shape index (κ3) is 3.98. The van der Waals surface area contributed by atoms with Crippen LogP contribution >= 0.6 is 11.8 Å². The molecule has 1 amide bonds. The van der Waals surface area contributed by atoms with Crippen molar-refractivity contribution in [2.45, 2.75) is 24.8 Å². The van der Waals surface area contributed by atoms with Crippen LogP contribution in [0.2, 0.25) is 0 Å². The summed E-state index contributed by atoms with van der Waals surface area (Å²) in [5.41, 5.74) is 1.93. The van der Waals surface area contributed by atoms with Crippen molar-refractivity contribution in [3.05, 3.63) is 54.6 Å². The first kappa shape index (κ1) is 18.0. The van der Waals surface area contributed by atoms with Crippen LogP contribution in [0.5, 0.6) is 0 Å². The van der Waals surface area contributed by atoms with E-state index >= 15 is 0 Å². The lowest BCUT2D eigenvalue weighted by Crippen LogP contribution is -2.40. The smallest absolute Gasteiger partial charge is 0.232 e. The maximum Gasteiger partial charge on any atom is 0.232 e. The molecule has 5 heteroatoms. The number of likely N-dealkylation sites (tertiary alicyclic amines) is 1. The van der Waals surface area contributed by atoms with E-state index in [-0.39, 0.29) is 5.91 Å². The molecule has 1 aliphatic heterocycles. The van der Waals surface area contributed by atoms with Crippen LogP contribution in [0.25, 0.3) is 22.0 Å². The highest BCUT2D eigenvalue weighted by molar-refractivity contribution is 8.00. The van der Waals surface area contributed by atoms with Gasteiger partial charge in [-0.25, -0.2) is 0 Å². The van der Waals surface area contributed by atoms with Crippen LogP contribution in [-0.4, -0.2) is 39.8 Å². The van der Waals surface area contributed by atoms with Gasteiger partial charge in [-0.05, 0) is 18.8 Å². The molecule has 0 radical (unpaired) electrons. The molecule has 1 atom stereocenters. The molecule has 0 bridgehead atoms. The van der Waals surface area contributed by atoms with Crippen molar-refractivity contribution in [3.8, 4) is 11.3 Å². The van der Waals surface area contributed by atoms with Gasteiger partial charge in [0.05, 0.1) is 5.75 Å². The average Bonchev–Trinajstić information content (AvgIpc) is 2.72. The van der Waals surface area contributed by atoms with Gasteiger partial charge in [0.2, 0.25) is 5.91 Å². The van der Waals surface area contributed by atoms with Gasteiger partial charge in [0, 0.05) is 29.4 Å². The van der Waals surface area contributed by atoms with Crippen molar-refractivity contribution >= 4 is 28.4 Å². The largest absolute Gasteiger partial charge is 0.342 e. The number of benzene rings is 2. The molecule has 0 aliphatic carbocycles. The zero-order valence-corrected chi connectivity index (χ0v) is 16.3. The van der Waals surface area contributed by atoms with E-state index in [1.54, 1.807) is 0 Å². The molecule has 1 fully saturated rings. The number of aromatic nitrogens is 2. The van der Waals surface area contributed by atoms with Crippen molar-refractivity contribution < 1.29 is 4.79 Å². The SMILES string of the molecule is C[C@@H]1CCCN(C(=O)CSc2nnc(-c3ccccc3)c3ccccc23)C1. The zero-order chi connectivity index (χ0) is 18.6. The Hall–Kier alpha value is -2.40. The highest BCUT2D eigenvalue weighted by atomic mass is 32.2. The van der Waals surface area contributed by atoms with E-state index in [0.717, 1.165) is 46.6 Å². The van der Waals surface area contributed by atoms with Crippen LogP contribution in [0, 0.1) is 5.92 Å². The Kier molecular flexibility index (Phi) is 5.39. The fourth-order valence-electron chi connectivity index (χ4n) is 3.63. The van der Waals surface area contributed by atoms with E-state index < -0.39 is 0 Å². The lowest BCUT2D eigenvalue weighted by atomic mass is 10.0. The number of hydrogen-bond acceptors (Lipinski definition) is 4. The van der Waals surface area contributed by atoms with Crippen LogP contribution in [0.4, 0.5) is 0 Å². The Morgan fingerprint density at radius 2 is 1.81 bits per heavy atom. The lowest BCUT2D eigenvalue weighted by molar-refractivity contribution is -0.130. The van der Waals surface area contributed by atoms with Crippen molar-refractivity contribution in [2.75, 3.05) is 18.8 Å². The average molecular weight is 378 g/mol. The molecular weight excluding hydrogens is 354 g/mol. The number of thioether (sulfide) groups is 1. The predicted octanol–water partition coefficient (Wildman–Crippen LogP) is 4.65. The number of nitrogens with zero attached hydrogens (tertiary/aromatic N) is 3. The summed E-state index contributed by atoms with van der Waals surface area (Å²) in [4.78, 5) is 14.6. The molecule has 2 aromatic carbocycles. The van der Waals surface area contributed by atoms with Crippen molar-refractivity contribution in [3.63, 3.8) is 0 Å². The Morgan fingerprint density at radius 3 is 2.59 bits per heavy atom. The molecule has 2 heterocycles. The van der Waals surface area contributed by atoms with Crippen LogP contribution < -0.4 is 0 Å². The van der Waals surface area contributed by atoms with E-state index in [9.17, 15) is 4.79 Å². The van der Waals surface area contributed by atoms with E-state index in [0.29, 0.717) is 11.7 Å². The Bertz CT molecular complexity index is 945. The van der Waals surface area contributed by atoms with Gasteiger partial charge in [-0.2, -0.15) is 0 Å². The van der Waals surface area contributed by atoms with Gasteiger partial charge < -0.3 is 4.90 Å². The molecule has 138 valence electrons. The molecule has 0 N–H and O–H groups in total. The first-order valence-corrected chi connectivity index (χ1v) is 10.4. The normalized spacial score (nSPS) is 17.2. The number of rotatable bonds is 4. The predicted molar refractivity (Wildman–Crippen MR) is 111 cm³/mol. The molecule has 4 rings (SSSR count). The summed E-state index contributed by atoms with van der Waals surface area (Å²) in [5.74, 6) is 1.21. The van der Waals surface area contributed by atoms with Gasteiger partial charge in [-0.1, -0.05) is 73.3 Å². The molecule has 0 unspecified atom stereocenters. The zero-order valence-electron chi connectivity index (χ0n) is 15.5. The summed E-state index contributed by atoms with van der Waals surface area (Å²) in [6.07, 6.45) is 2.32. The number of fused-ring (bicyclic) bond motifs is 1. The molecule has 1 aromatic heterocycles. The highest BCUT2D eigenvalue weighted by Gasteiger charge is 2.21. The molecule has 27 heavy (non-hydrogen) atoms. The van der Waals surface area contributed by atoms with Crippen molar-refractivity contribution in [1.82, 2.24) is 15.1 Å². The van der Waals surface area contributed by atoms with Gasteiger partial charge in [-0.15, -0.1) is 10.2 Å². The first-order valence-electron chi connectivity index (χ1n) is 9.44. The topological polar surface area (TPSA) is 46.1 Å². The van der Waals surface area contributed by atoms with Gasteiger partial charge in [0.1, 0.15) is 10.7 Å². The Morgan fingerprint density at radius 1 is 1.07 bits per heavy atom. The van der Waals surface area contributed by atoms with Gasteiger partial charge in [0.15, 0.2) is 0 Å². The number of amides is 1. The van der Waals surface area contributed by atoms with Gasteiger partial charge >= 0.3 is 0 Å². The number of carbonyl (C=O) groups is 1. The second-order valence-electron chi connectivity index (χ2n) is 7.14. The summed E-state index contributed by atoms with van der Waals surface area (Å²) in [5, 5.41) is 11.9. The van der Waals surface area contributed by atoms with Gasteiger partial charge in [0.25, 0.3) is 0 Å². The second kappa shape index (κ2) is 8.09. The summed E-state index contributed by atoms with van der Waals surface area (Å²) < 4.78 is 0. The summed E-state index contributed by atoms with van der Waals surface area (Å²) >= 11 is 1.49. The maximum atomic E-state index is 12.6. The second-order valence-corrected chi connectivity index (χ2v) is 8.11. The monoisotopic (exact) mass is 377 g/mol. The van der Waals surface area contributed by atoms with Crippen LogP contribution in [0.15, 0.2) is 59.6 Å². The summed E-state index contributed by atoms with van der Waals surface area (Å²) in [7, 11) is 0. The fraction of sp³-hybridized carbons (Fsp3) is 0.318. The van der Waals surface area contributed by atoms with Gasteiger partial charge in [-0.3, -0.25) is 4.79 Å². The minimum absolute atomic E-state index is 0.199. The Labute approximate surface area is 164 Å². The molecule has 1 aliphatic rings. The minimum atomic E-state index is 0.199. The maximum absolute atomic E-state index is 12.6. The molecule has 1 saturated heterocycles.